The number of fused-ring (bicyclic) bond motifs is 5. The summed E-state index contributed by atoms with van der Waals surface area (Å²) in [7, 11) is 3.37. The molecule has 1 aliphatic carbocycles. The van der Waals surface area contributed by atoms with E-state index < -0.39 is 5.41 Å². The smallest absolute Gasteiger partial charge is 0.325 e. The van der Waals surface area contributed by atoms with E-state index in [4.69, 9.17) is 4.74 Å². The number of benzene rings is 3. The first-order valence-electron chi connectivity index (χ1n) is 9.54. The van der Waals surface area contributed by atoms with E-state index >= 15 is 0 Å². The van der Waals surface area contributed by atoms with Gasteiger partial charge >= 0.3 is 5.97 Å². The number of hydrogen-bond donors (Lipinski definition) is 0. The van der Waals surface area contributed by atoms with Crippen LogP contribution in [0.5, 0.6) is 0 Å². The van der Waals surface area contributed by atoms with E-state index in [1.165, 1.54) is 19.2 Å². The van der Waals surface area contributed by atoms with Gasteiger partial charge in [-0.1, -0.05) is 54.1 Å². The van der Waals surface area contributed by atoms with Crippen molar-refractivity contribution in [2.24, 2.45) is 7.05 Å². The Bertz CT molecular complexity index is 1290. The Morgan fingerprint density at radius 1 is 1.03 bits per heavy atom. The number of methoxy groups -OCH3 is 1. The number of halogens is 1. The molecule has 144 valence electrons. The number of ether oxygens (including phenoxy) is 1. The lowest BCUT2D eigenvalue weighted by Gasteiger charge is -2.29. The van der Waals surface area contributed by atoms with Crippen LogP contribution in [0.25, 0.3) is 22.2 Å². The molecule has 0 fully saturated rings. The van der Waals surface area contributed by atoms with Gasteiger partial charge in [0.05, 0.1) is 12.8 Å². The van der Waals surface area contributed by atoms with Gasteiger partial charge in [-0.15, -0.1) is 0 Å². The summed E-state index contributed by atoms with van der Waals surface area (Å²) < 4.78 is 21.8. The minimum absolute atomic E-state index is 0.329. The molecule has 1 aliphatic rings. The molecule has 3 aromatic carbocycles. The Balaban J connectivity index is 2.06. The molecule has 4 heteroatoms. The number of aryl methyl sites for hydroxylation is 2. The molecule has 5 rings (SSSR count). The molecule has 1 heterocycles. The topological polar surface area (TPSA) is 31.2 Å². The molecule has 0 amide bonds. The third-order valence-electron chi connectivity index (χ3n) is 6.07. The summed E-state index contributed by atoms with van der Waals surface area (Å²) in [5, 5.41) is 0.727. The Hall–Kier alpha value is -3.40. The summed E-state index contributed by atoms with van der Waals surface area (Å²) in [6, 6.07) is 20.5. The van der Waals surface area contributed by atoms with Gasteiger partial charge in [-0.3, -0.25) is 4.79 Å². The number of rotatable bonds is 2. The van der Waals surface area contributed by atoms with Gasteiger partial charge in [-0.05, 0) is 36.2 Å². The lowest BCUT2D eigenvalue weighted by molar-refractivity contribution is -0.144. The van der Waals surface area contributed by atoms with E-state index in [0.717, 1.165) is 44.4 Å². The van der Waals surface area contributed by atoms with Crippen molar-refractivity contribution in [2.45, 2.75) is 12.3 Å². The van der Waals surface area contributed by atoms with E-state index in [-0.39, 0.29) is 11.8 Å². The molecule has 1 aromatic heterocycles. The van der Waals surface area contributed by atoms with Gasteiger partial charge in [0.1, 0.15) is 11.2 Å². The van der Waals surface area contributed by atoms with E-state index in [1.54, 1.807) is 6.07 Å². The summed E-state index contributed by atoms with van der Waals surface area (Å²) in [6.45, 7) is 2.01. The number of carbonyl (C=O) groups excluding carboxylic acids is 1. The van der Waals surface area contributed by atoms with Crippen LogP contribution >= 0.6 is 0 Å². The minimum atomic E-state index is -1.15. The molecule has 1 unspecified atom stereocenters. The van der Waals surface area contributed by atoms with Crippen LogP contribution in [0, 0.1) is 12.7 Å². The molecule has 0 saturated heterocycles. The van der Waals surface area contributed by atoms with E-state index in [2.05, 4.69) is 0 Å². The van der Waals surface area contributed by atoms with Crippen molar-refractivity contribution in [3.8, 4) is 11.3 Å². The molecule has 0 saturated carbocycles. The largest absolute Gasteiger partial charge is 0.468 e. The normalized spacial score (nSPS) is 17.2. The third kappa shape index (κ3) is 2.14. The molecule has 0 N–H and O–H groups in total. The second-order valence-electron chi connectivity index (χ2n) is 7.60. The number of aromatic nitrogens is 1. The van der Waals surface area contributed by atoms with Crippen LogP contribution < -0.4 is 0 Å². The highest BCUT2D eigenvalue weighted by Gasteiger charge is 2.54. The van der Waals surface area contributed by atoms with Crippen LogP contribution in [0.4, 0.5) is 4.39 Å². The quantitative estimate of drug-likeness (QED) is 0.449. The Morgan fingerprint density at radius 3 is 2.52 bits per heavy atom. The molecular weight excluding hydrogens is 365 g/mol. The standard InChI is InChI=1S/C25H20FNO2/c1-15-9-11-18-20(13-15)25(24(28)29-3,16-7-5-4-6-8-16)22-19-14-17(26)10-12-21(19)27(2)23(18)22/h4-14H,1-3H3. The maximum absolute atomic E-state index is 14.3. The van der Waals surface area contributed by atoms with Crippen molar-refractivity contribution in [3.63, 3.8) is 0 Å². The summed E-state index contributed by atoms with van der Waals surface area (Å²) in [5.41, 5.74) is 5.15. The SMILES string of the molecule is COC(=O)C1(c2ccccc2)c2cc(C)ccc2-c2c1c1cc(F)ccc1n2C. The van der Waals surface area contributed by atoms with Gasteiger partial charge < -0.3 is 9.30 Å². The number of carbonyl (C=O) groups is 1. The molecule has 0 spiro atoms. The fourth-order valence-corrected chi connectivity index (χ4v) is 4.89. The molecule has 0 bridgehead atoms. The number of esters is 1. The molecular formula is C25H20FNO2. The van der Waals surface area contributed by atoms with Crippen LogP contribution in [-0.2, 0) is 22.0 Å². The summed E-state index contributed by atoms with van der Waals surface area (Å²) >= 11 is 0. The van der Waals surface area contributed by atoms with Crippen molar-refractivity contribution >= 4 is 16.9 Å². The fraction of sp³-hybridized carbons (Fsp3) is 0.160. The first kappa shape index (κ1) is 17.7. The van der Waals surface area contributed by atoms with Gasteiger partial charge in [0.2, 0.25) is 0 Å². The van der Waals surface area contributed by atoms with Crippen molar-refractivity contribution < 1.29 is 13.9 Å². The zero-order valence-electron chi connectivity index (χ0n) is 16.5. The van der Waals surface area contributed by atoms with E-state index in [9.17, 15) is 9.18 Å². The second kappa shape index (κ2) is 6.05. The van der Waals surface area contributed by atoms with Crippen LogP contribution in [0.15, 0.2) is 66.7 Å². The predicted octanol–water partition coefficient (Wildman–Crippen LogP) is 5.11. The molecule has 29 heavy (non-hydrogen) atoms. The van der Waals surface area contributed by atoms with Crippen molar-refractivity contribution in [1.29, 1.82) is 0 Å². The molecule has 3 nitrogen and oxygen atoms in total. The van der Waals surface area contributed by atoms with Crippen molar-refractivity contribution in [1.82, 2.24) is 4.57 Å². The van der Waals surface area contributed by atoms with Gasteiger partial charge in [0.25, 0.3) is 0 Å². The summed E-state index contributed by atoms with van der Waals surface area (Å²) in [4.78, 5) is 13.6. The van der Waals surface area contributed by atoms with Gasteiger partial charge in [0.15, 0.2) is 0 Å². The minimum Gasteiger partial charge on any atom is -0.468 e. The third-order valence-corrected chi connectivity index (χ3v) is 6.07. The zero-order chi connectivity index (χ0) is 20.3. The first-order chi connectivity index (χ1) is 14.0. The molecule has 4 aromatic rings. The maximum atomic E-state index is 14.3. The number of hydrogen-bond acceptors (Lipinski definition) is 2. The lowest BCUT2D eigenvalue weighted by atomic mass is 9.71. The monoisotopic (exact) mass is 385 g/mol. The van der Waals surface area contributed by atoms with E-state index in [0.29, 0.717) is 0 Å². The molecule has 0 aliphatic heterocycles. The fourth-order valence-electron chi connectivity index (χ4n) is 4.89. The lowest BCUT2D eigenvalue weighted by Crippen LogP contribution is -2.37. The zero-order valence-corrected chi connectivity index (χ0v) is 16.5. The molecule has 1 atom stereocenters. The van der Waals surface area contributed by atoms with Gasteiger partial charge in [-0.25, -0.2) is 4.39 Å². The predicted molar refractivity (Wildman–Crippen MR) is 111 cm³/mol. The highest BCUT2D eigenvalue weighted by atomic mass is 19.1. The number of nitrogens with zero attached hydrogens (tertiary/aromatic N) is 1. The van der Waals surface area contributed by atoms with Crippen LogP contribution in [0.2, 0.25) is 0 Å². The van der Waals surface area contributed by atoms with Crippen LogP contribution in [-0.4, -0.2) is 17.6 Å². The average Bonchev–Trinajstić information content (AvgIpc) is 3.19. The summed E-state index contributed by atoms with van der Waals surface area (Å²) in [5.74, 6) is -0.698. The van der Waals surface area contributed by atoms with Crippen LogP contribution in [0.3, 0.4) is 0 Å². The van der Waals surface area contributed by atoms with Gasteiger partial charge in [-0.2, -0.15) is 0 Å². The Labute approximate surface area is 168 Å². The second-order valence-corrected chi connectivity index (χ2v) is 7.60. The van der Waals surface area contributed by atoms with Gasteiger partial charge in [0, 0.05) is 29.1 Å². The highest BCUT2D eigenvalue weighted by molar-refractivity contribution is 6.08. The highest BCUT2D eigenvalue weighted by Crippen LogP contribution is 2.56. The Kier molecular flexibility index (Phi) is 3.69. The average molecular weight is 385 g/mol. The van der Waals surface area contributed by atoms with Crippen molar-refractivity contribution in [2.75, 3.05) is 7.11 Å². The maximum Gasteiger partial charge on any atom is 0.325 e. The van der Waals surface area contributed by atoms with E-state index in [1.807, 2.05) is 67.1 Å². The Morgan fingerprint density at radius 2 is 1.79 bits per heavy atom. The summed E-state index contributed by atoms with van der Waals surface area (Å²) in [6.07, 6.45) is 0. The van der Waals surface area contributed by atoms with Crippen molar-refractivity contribution in [3.05, 3.63) is 94.8 Å². The molecule has 0 radical (unpaired) electrons. The van der Waals surface area contributed by atoms with Crippen LogP contribution in [0.1, 0.15) is 22.3 Å². The first-order valence-corrected chi connectivity index (χ1v) is 9.54.